The number of hydrogen-bond donors (Lipinski definition) is 1. The van der Waals surface area contributed by atoms with Gasteiger partial charge in [-0.1, -0.05) is 24.3 Å². The molecule has 0 aliphatic carbocycles. The van der Waals surface area contributed by atoms with Crippen molar-refractivity contribution in [3.63, 3.8) is 0 Å². The van der Waals surface area contributed by atoms with Crippen molar-refractivity contribution in [3.05, 3.63) is 58.2 Å². The van der Waals surface area contributed by atoms with Crippen molar-refractivity contribution in [2.24, 2.45) is 0 Å². The number of aliphatic hydroxyl groups excluding tert-OH is 1. The molecule has 0 saturated carbocycles. The number of halogens is 1. The van der Waals surface area contributed by atoms with Crippen molar-refractivity contribution in [3.8, 4) is 5.69 Å². The highest BCUT2D eigenvalue weighted by Crippen LogP contribution is 2.23. The molecule has 1 N–H and O–H groups in total. The molecule has 1 aliphatic heterocycles. The lowest BCUT2D eigenvalue weighted by Gasteiger charge is -2.20. The number of benzene rings is 1. The van der Waals surface area contributed by atoms with Crippen molar-refractivity contribution in [1.82, 2.24) is 9.78 Å². The SMILES string of the molecule is C=C/C(O)=c1/c(C2CCOCC2)nn(-c2ccc(Cl)cc2)/c1=C/C. The summed E-state index contributed by atoms with van der Waals surface area (Å²) in [5.41, 5.74) is 1.81. The lowest BCUT2D eigenvalue weighted by atomic mass is 9.95. The van der Waals surface area contributed by atoms with Crippen LogP contribution >= 0.6 is 11.6 Å². The maximum atomic E-state index is 10.4. The summed E-state index contributed by atoms with van der Waals surface area (Å²) in [7, 11) is 0. The zero-order valence-electron chi connectivity index (χ0n) is 13.7. The summed E-state index contributed by atoms with van der Waals surface area (Å²) in [5.74, 6) is 0.424. The minimum absolute atomic E-state index is 0.157. The van der Waals surface area contributed by atoms with Crippen LogP contribution in [0.25, 0.3) is 17.5 Å². The molecular weight excluding hydrogens is 324 g/mol. The summed E-state index contributed by atoms with van der Waals surface area (Å²) in [6.45, 7) is 7.09. The Kier molecular flexibility index (Phi) is 5.07. The number of hydrogen-bond acceptors (Lipinski definition) is 3. The van der Waals surface area contributed by atoms with Gasteiger partial charge in [0, 0.05) is 24.2 Å². The second-order valence-corrected chi connectivity index (χ2v) is 6.23. The predicted molar refractivity (Wildman–Crippen MR) is 97.0 cm³/mol. The number of ether oxygens (including phenoxy) is 1. The van der Waals surface area contributed by atoms with Crippen LogP contribution in [0.5, 0.6) is 0 Å². The average Bonchev–Trinajstić information content (AvgIpc) is 3.02. The van der Waals surface area contributed by atoms with E-state index in [4.69, 9.17) is 21.4 Å². The number of nitrogens with zero attached hydrogens (tertiary/aromatic N) is 2. The molecule has 1 aromatic carbocycles. The molecule has 126 valence electrons. The second-order valence-electron chi connectivity index (χ2n) is 5.80. The summed E-state index contributed by atoms with van der Waals surface area (Å²) in [4.78, 5) is 0. The first kappa shape index (κ1) is 16.8. The van der Waals surface area contributed by atoms with Crippen molar-refractivity contribution < 1.29 is 9.84 Å². The molecule has 2 aromatic rings. The van der Waals surface area contributed by atoms with E-state index >= 15 is 0 Å². The van der Waals surface area contributed by atoms with Gasteiger partial charge in [0.05, 0.1) is 21.9 Å². The van der Waals surface area contributed by atoms with Crippen LogP contribution in [0.3, 0.4) is 0 Å². The van der Waals surface area contributed by atoms with Gasteiger partial charge in [0.15, 0.2) is 0 Å². The molecule has 2 heterocycles. The smallest absolute Gasteiger partial charge is 0.126 e. The monoisotopic (exact) mass is 344 g/mol. The van der Waals surface area contributed by atoms with Gasteiger partial charge in [0.2, 0.25) is 0 Å². The normalized spacial score (nSPS) is 17.8. The predicted octanol–water partition coefficient (Wildman–Crippen LogP) is 3.07. The first-order chi connectivity index (χ1) is 11.7. The third-order valence-corrected chi connectivity index (χ3v) is 4.60. The van der Waals surface area contributed by atoms with E-state index in [1.807, 2.05) is 41.9 Å². The Balaban J connectivity index is 2.26. The molecule has 1 aliphatic rings. The van der Waals surface area contributed by atoms with Crippen molar-refractivity contribution in [2.45, 2.75) is 25.7 Å². The third-order valence-electron chi connectivity index (χ3n) is 4.35. The summed E-state index contributed by atoms with van der Waals surface area (Å²) in [6.07, 6.45) is 5.23. The molecule has 1 fully saturated rings. The first-order valence-electron chi connectivity index (χ1n) is 8.10. The molecule has 0 unspecified atom stereocenters. The Labute approximate surface area is 146 Å². The fourth-order valence-electron chi connectivity index (χ4n) is 3.12. The molecule has 0 bridgehead atoms. The summed E-state index contributed by atoms with van der Waals surface area (Å²) in [5, 5.41) is 17.6. The van der Waals surface area contributed by atoms with Gasteiger partial charge >= 0.3 is 0 Å². The quantitative estimate of drug-likeness (QED) is 0.930. The largest absolute Gasteiger partial charge is 0.507 e. The highest BCUT2D eigenvalue weighted by molar-refractivity contribution is 6.30. The number of rotatable bonds is 3. The van der Waals surface area contributed by atoms with E-state index in [0.29, 0.717) is 5.02 Å². The van der Waals surface area contributed by atoms with E-state index in [9.17, 15) is 5.11 Å². The van der Waals surface area contributed by atoms with E-state index in [1.54, 1.807) is 0 Å². The van der Waals surface area contributed by atoms with Crippen molar-refractivity contribution in [1.29, 1.82) is 0 Å². The Morgan fingerprint density at radius 1 is 1.33 bits per heavy atom. The molecule has 4 nitrogen and oxygen atoms in total. The van der Waals surface area contributed by atoms with E-state index < -0.39 is 0 Å². The highest BCUT2D eigenvalue weighted by Gasteiger charge is 2.22. The molecule has 0 atom stereocenters. The summed E-state index contributed by atoms with van der Waals surface area (Å²) < 4.78 is 7.32. The molecule has 0 radical (unpaired) electrons. The van der Waals surface area contributed by atoms with Gasteiger partial charge in [-0.05, 0) is 50.1 Å². The van der Waals surface area contributed by atoms with Crippen LogP contribution in [-0.2, 0) is 4.74 Å². The van der Waals surface area contributed by atoms with Crippen LogP contribution in [0, 0.1) is 0 Å². The fourth-order valence-corrected chi connectivity index (χ4v) is 3.24. The van der Waals surface area contributed by atoms with Gasteiger partial charge in [-0.3, -0.25) is 0 Å². The van der Waals surface area contributed by atoms with Crippen molar-refractivity contribution in [2.75, 3.05) is 13.2 Å². The van der Waals surface area contributed by atoms with Gasteiger partial charge in [0.1, 0.15) is 5.76 Å². The van der Waals surface area contributed by atoms with Gasteiger partial charge in [0.25, 0.3) is 0 Å². The zero-order chi connectivity index (χ0) is 17.1. The Hall–Kier alpha value is -2.04. The highest BCUT2D eigenvalue weighted by atomic mass is 35.5. The van der Waals surface area contributed by atoms with Gasteiger partial charge in [-0.2, -0.15) is 5.10 Å². The van der Waals surface area contributed by atoms with E-state index in [-0.39, 0.29) is 11.7 Å². The Morgan fingerprint density at radius 3 is 2.58 bits per heavy atom. The maximum Gasteiger partial charge on any atom is 0.126 e. The van der Waals surface area contributed by atoms with Crippen LogP contribution in [0.2, 0.25) is 5.02 Å². The minimum atomic E-state index is 0.157. The third kappa shape index (κ3) is 3.12. The van der Waals surface area contributed by atoms with Crippen LogP contribution in [-0.4, -0.2) is 28.1 Å². The number of aliphatic hydroxyl groups is 1. The lowest BCUT2D eigenvalue weighted by molar-refractivity contribution is 0.0842. The summed E-state index contributed by atoms with van der Waals surface area (Å²) >= 11 is 6.00. The van der Waals surface area contributed by atoms with Crippen LogP contribution in [0.4, 0.5) is 0 Å². The van der Waals surface area contributed by atoms with Crippen LogP contribution in [0.15, 0.2) is 36.9 Å². The molecule has 0 amide bonds. The maximum absolute atomic E-state index is 10.4. The topological polar surface area (TPSA) is 47.3 Å². The molecule has 3 rings (SSSR count). The van der Waals surface area contributed by atoms with E-state index in [2.05, 4.69) is 6.58 Å². The molecule has 5 heteroatoms. The minimum Gasteiger partial charge on any atom is -0.507 e. The fraction of sp³-hybridized carbons (Fsp3) is 0.316. The molecule has 0 spiro atoms. The number of aromatic nitrogens is 2. The standard InChI is InChI=1S/C19H21ClN2O2/c1-3-16-18(17(23)4-2)19(13-9-11-24-12-10-13)21-22(16)15-7-5-14(20)6-8-15/h3-8,13,23H,2,9-12H2,1H3/b16-3+,18-17-. The molecule has 24 heavy (non-hydrogen) atoms. The molecular formula is C19H21ClN2O2. The molecule has 1 aromatic heterocycles. The Bertz CT molecular complexity index is 847. The average molecular weight is 345 g/mol. The van der Waals surface area contributed by atoms with E-state index in [0.717, 1.165) is 48.0 Å². The van der Waals surface area contributed by atoms with Crippen molar-refractivity contribution >= 4 is 23.4 Å². The van der Waals surface area contributed by atoms with E-state index in [1.165, 1.54) is 6.08 Å². The van der Waals surface area contributed by atoms with Gasteiger partial charge < -0.3 is 9.84 Å². The zero-order valence-corrected chi connectivity index (χ0v) is 14.5. The lowest BCUT2D eigenvalue weighted by Crippen LogP contribution is -2.32. The van der Waals surface area contributed by atoms with Crippen LogP contribution in [0.1, 0.15) is 31.4 Å². The summed E-state index contributed by atoms with van der Waals surface area (Å²) in [6, 6.07) is 7.52. The van der Waals surface area contributed by atoms with Gasteiger partial charge in [-0.25, -0.2) is 4.68 Å². The van der Waals surface area contributed by atoms with Gasteiger partial charge in [-0.15, -0.1) is 0 Å². The second kappa shape index (κ2) is 7.24. The van der Waals surface area contributed by atoms with Crippen LogP contribution < -0.4 is 10.6 Å². The Morgan fingerprint density at radius 2 is 2.00 bits per heavy atom. The first-order valence-corrected chi connectivity index (χ1v) is 8.48. The molecule has 1 saturated heterocycles.